The average molecular weight is 286 g/mol. The van der Waals surface area contributed by atoms with Crippen molar-refractivity contribution in [3.05, 3.63) is 47.9 Å². The van der Waals surface area contributed by atoms with Gasteiger partial charge in [0.05, 0.1) is 17.5 Å². The number of anilines is 1. The summed E-state index contributed by atoms with van der Waals surface area (Å²) in [6, 6.07) is 10.9. The maximum atomic E-state index is 11.8. The van der Waals surface area contributed by atoms with Crippen LogP contribution in [0.2, 0.25) is 0 Å². The van der Waals surface area contributed by atoms with Gasteiger partial charge in [0.15, 0.2) is 0 Å². The number of benzene rings is 1. The Hall–Kier alpha value is -2.19. The van der Waals surface area contributed by atoms with E-state index in [-0.39, 0.29) is 5.91 Å². The molecule has 1 N–H and O–H groups in total. The average Bonchev–Trinajstić information content (AvgIpc) is 2.85. The van der Waals surface area contributed by atoms with Crippen LogP contribution in [0.4, 0.5) is 5.69 Å². The van der Waals surface area contributed by atoms with Crippen molar-refractivity contribution in [3.8, 4) is 6.07 Å². The summed E-state index contributed by atoms with van der Waals surface area (Å²) in [5.74, 6) is 1.44. The van der Waals surface area contributed by atoms with E-state index in [1.54, 1.807) is 42.3 Å². The number of carbonyl (C=O) groups is 1. The Balaban J connectivity index is 1.84. The molecule has 0 radical (unpaired) electrons. The summed E-state index contributed by atoms with van der Waals surface area (Å²) >= 11 is 1.58. The van der Waals surface area contributed by atoms with E-state index in [0.717, 1.165) is 10.7 Å². The minimum Gasteiger partial charge on any atom is -0.468 e. The van der Waals surface area contributed by atoms with Crippen LogP contribution in [0.1, 0.15) is 17.7 Å². The number of nitriles is 1. The van der Waals surface area contributed by atoms with Gasteiger partial charge in [-0.1, -0.05) is 12.1 Å². The normalized spacial score (nSPS) is 10.0. The molecule has 0 aliphatic rings. The van der Waals surface area contributed by atoms with Gasteiger partial charge in [0, 0.05) is 17.1 Å². The van der Waals surface area contributed by atoms with Crippen LogP contribution in [0.25, 0.3) is 0 Å². The van der Waals surface area contributed by atoms with Gasteiger partial charge < -0.3 is 9.73 Å². The Bertz CT molecular complexity index is 643. The fourth-order valence-electron chi connectivity index (χ4n) is 1.68. The first-order valence-corrected chi connectivity index (χ1v) is 7.15. The van der Waals surface area contributed by atoms with Crippen LogP contribution < -0.4 is 5.32 Å². The van der Waals surface area contributed by atoms with Crippen molar-refractivity contribution in [2.45, 2.75) is 18.2 Å². The van der Waals surface area contributed by atoms with Crippen LogP contribution in [-0.4, -0.2) is 11.7 Å². The number of aryl methyl sites for hydroxylation is 1. The van der Waals surface area contributed by atoms with Gasteiger partial charge in [0.2, 0.25) is 5.91 Å². The summed E-state index contributed by atoms with van der Waals surface area (Å²) in [5, 5.41) is 11.7. The number of para-hydroxylation sites is 1. The molecule has 1 heterocycles. The highest BCUT2D eigenvalue weighted by Crippen LogP contribution is 2.23. The molecule has 0 fully saturated rings. The number of nitrogens with zero attached hydrogens (tertiary/aromatic N) is 1. The van der Waals surface area contributed by atoms with Gasteiger partial charge in [0.25, 0.3) is 0 Å². The molecule has 2 rings (SSSR count). The molecule has 2 aromatic rings. The molecule has 1 aromatic carbocycles. The second-order valence-electron chi connectivity index (χ2n) is 4.15. The minimum atomic E-state index is -0.0960. The Morgan fingerprint density at radius 3 is 2.90 bits per heavy atom. The lowest BCUT2D eigenvalue weighted by Crippen LogP contribution is -2.13. The number of furan rings is 1. The van der Waals surface area contributed by atoms with Crippen molar-refractivity contribution in [3.63, 3.8) is 0 Å². The predicted molar refractivity (Wildman–Crippen MR) is 78.6 cm³/mol. The van der Waals surface area contributed by atoms with Gasteiger partial charge in [-0.2, -0.15) is 5.26 Å². The number of rotatable bonds is 5. The first-order valence-electron chi connectivity index (χ1n) is 6.16. The number of nitrogens with one attached hydrogen (secondary N) is 1. The largest absolute Gasteiger partial charge is 0.468 e. The maximum Gasteiger partial charge on any atom is 0.225 e. The SMILES string of the molecule is Cc1occc1SCCC(=O)Nc1ccccc1C#N. The maximum absolute atomic E-state index is 11.8. The van der Waals surface area contributed by atoms with E-state index < -0.39 is 0 Å². The van der Waals surface area contributed by atoms with Gasteiger partial charge >= 0.3 is 0 Å². The number of thioether (sulfide) groups is 1. The van der Waals surface area contributed by atoms with E-state index in [4.69, 9.17) is 9.68 Å². The zero-order valence-corrected chi connectivity index (χ0v) is 11.9. The number of hydrogen-bond donors (Lipinski definition) is 1. The summed E-state index contributed by atoms with van der Waals surface area (Å²) in [7, 11) is 0. The van der Waals surface area contributed by atoms with E-state index in [0.29, 0.717) is 23.4 Å². The molecule has 0 spiro atoms. The lowest BCUT2D eigenvalue weighted by Gasteiger charge is -2.06. The van der Waals surface area contributed by atoms with Crippen LogP contribution >= 0.6 is 11.8 Å². The van der Waals surface area contributed by atoms with Gasteiger partial charge in [-0.05, 0) is 25.1 Å². The molecule has 1 amide bonds. The topological polar surface area (TPSA) is 66.0 Å². The lowest BCUT2D eigenvalue weighted by molar-refractivity contribution is -0.115. The van der Waals surface area contributed by atoms with Gasteiger partial charge in [0.1, 0.15) is 11.8 Å². The van der Waals surface area contributed by atoms with Gasteiger partial charge in [-0.25, -0.2) is 0 Å². The lowest BCUT2D eigenvalue weighted by atomic mass is 10.2. The molecule has 0 atom stereocenters. The second-order valence-corrected chi connectivity index (χ2v) is 5.28. The van der Waals surface area contributed by atoms with Crippen molar-refractivity contribution in [1.82, 2.24) is 0 Å². The molecule has 0 unspecified atom stereocenters. The monoisotopic (exact) mass is 286 g/mol. The van der Waals surface area contributed by atoms with Crippen molar-refractivity contribution >= 4 is 23.4 Å². The first-order chi connectivity index (χ1) is 9.70. The van der Waals surface area contributed by atoms with Crippen LogP contribution in [-0.2, 0) is 4.79 Å². The van der Waals surface area contributed by atoms with Crippen LogP contribution in [0.3, 0.4) is 0 Å². The molecule has 20 heavy (non-hydrogen) atoms. The Labute approximate surface area is 121 Å². The highest BCUT2D eigenvalue weighted by atomic mass is 32.2. The number of amides is 1. The second kappa shape index (κ2) is 6.83. The number of carbonyl (C=O) groups excluding carboxylic acids is 1. The van der Waals surface area contributed by atoms with Crippen molar-refractivity contribution < 1.29 is 9.21 Å². The Morgan fingerprint density at radius 2 is 2.20 bits per heavy atom. The molecule has 0 aliphatic carbocycles. The third kappa shape index (κ3) is 3.65. The molecule has 4 nitrogen and oxygen atoms in total. The highest BCUT2D eigenvalue weighted by Gasteiger charge is 2.07. The van der Waals surface area contributed by atoms with Gasteiger partial charge in [-0.15, -0.1) is 11.8 Å². The standard InChI is InChI=1S/C15H14N2O2S/c1-11-14(6-8-19-11)20-9-7-15(18)17-13-5-3-2-4-12(13)10-16/h2-6,8H,7,9H2,1H3,(H,17,18). The molecule has 0 saturated carbocycles. The van der Waals surface area contributed by atoms with E-state index in [1.807, 2.05) is 13.0 Å². The van der Waals surface area contributed by atoms with E-state index in [2.05, 4.69) is 11.4 Å². The van der Waals surface area contributed by atoms with E-state index in [9.17, 15) is 4.79 Å². The predicted octanol–water partition coefficient (Wildman–Crippen LogP) is 3.58. The Kier molecular flexibility index (Phi) is 4.85. The summed E-state index contributed by atoms with van der Waals surface area (Å²) < 4.78 is 5.19. The van der Waals surface area contributed by atoms with Crippen molar-refractivity contribution in [2.75, 3.05) is 11.1 Å². The molecular weight excluding hydrogens is 272 g/mol. The van der Waals surface area contributed by atoms with Gasteiger partial charge in [-0.3, -0.25) is 4.79 Å². The third-order valence-corrected chi connectivity index (χ3v) is 3.86. The van der Waals surface area contributed by atoms with E-state index >= 15 is 0 Å². The Morgan fingerprint density at radius 1 is 1.40 bits per heavy atom. The fraction of sp³-hybridized carbons (Fsp3) is 0.200. The zero-order valence-electron chi connectivity index (χ0n) is 11.1. The smallest absolute Gasteiger partial charge is 0.225 e. The molecule has 102 valence electrons. The van der Waals surface area contributed by atoms with Crippen molar-refractivity contribution in [2.24, 2.45) is 0 Å². The zero-order chi connectivity index (χ0) is 14.4. The molecule has 0 bridgehead atoms. The molecule has 0 saturated heterocycles. The quantitative estimate of drug-likeness (QED) is 0.853. The van der Waals surface area contributed by atoms with Crippen molar-refractivity contribution in [1.29, 1.82) is 5.26 Å². The number of hydrogen-bond acceptors (Lipinski definition) is 4. The highest BCUT2D eigenvalue weighted by molar-refractivity contribution is 7.99. The molecule has 0 aliphatic heterocycles. The fourth-order valence-corrected chi connectivity index (χ4v) is 2.59. The summed E-state index contributed by atoms with van der Waals surface area (Å²) in [5.41, 5.74) is 1.03. The minimum absolute atomic E-state index is 0.0960. The van der Waals surface area contributed by atoms with Crippen LogP contribution in [0, 0.1) is 18.3 Å². The molecular formula is C15H14N2O2S. The molecule has 1 aromatic heterocycles. The summed E-state index contributed by atoms with van der Waals surface area (Å²) in [6.07, 6.45) is 2.02. The molecule has 5 heteroatoms. The van der Waals surface area contributed by atoms with E-state index in [1.165, 1.54) is 0 Å². The summed E-state index contributed by atoms with van der Waals surface area (Å²) in [6.45, 7) is 1.89. The van der Waals surface area contributed by atoms with Crippen LogP contribution in [0.5, 0.6) is 0 Å². The summed E-state index contributed by atoms with van der Waals surface area (Å²) in [4.78, 5) is 12.9. The first kappa shape index (κ1) is 14.2. The van der Waals surface area contributed by atoms with Crippen LogP contribution in [0.15, 0.2) is 45.9 Å². The third-order valence-electron chi connectivity index (χ3n) is 2.72.